The first-order chi connectivity index (χ1) is 11.5. The van der Waals surface area contributed by atoms with E-state index in [0.717, 1.165) is 10.5 Å². The highest BCUT2D eigenvalue weighted by Crippen LogP contribution is 2.24. The maximum absolute atomic E-state index is 12.0. The van der Waals surface area contributed by atoms with Crippen LogP contribution in [0.15, 0.2) is 53.4 Å². The van der Waals surface area contributed by atoms with Crippen molar-refractivity contribution in [2.75, 3.05) is 11.9 Å². The largest absolute Gasteiger partial charge is 0.455 e. The normalized spacial score (nSPS) is 11.6. The van der Waals surface area contributed by atoms with Gasteiger partial charge in [0.25, 0.3) is 5.91 Å². The molecule has 0 saturated carbocycles. The molecule has 2 aromatic carbocycles. The second kappa shape index (κ2) is 8.76. The number of amides is 1. The first kappa shape index (κ1) is 18.4. The summed E-state index contributed by atoms with van der Waals surface area (Å²) in [6, 6.07) is 14.9. The van der Waals surface area contributed by atoms with Gasteiger partial charge in [-0.15, -0.1) is 11.8 Å². The summed E-state index contributed by atoms with van der Waals surface area (Å²) >= 11 is 7.44. The molecule has 6 heteroatoms. The number of nitrogens with one attached hydrogen (secondary N) is 1. The Balaban J connectivity index is 1.81. The van der Waals surface area contributed by atoms with Crippen molar-refractivity contribution in [1.29, 1.82) is 0 Å². The van der Waals surface area contributed by atoms with Gasteiger partial charge < -0.3 is 10.1 Å². The molecule has 0 bridgehead atoms. The lowest BCUT2D eigenvalue weighted by molar-refractivity contribution is -0.146. The van der Waals surface area contributed by atoms with E-state index in [-0.39, 0.29) is 6.61 Å². The molecule has 0 unspecified atom stereocenters. The second-order valence-electron chi connectivity index (χ2n) is 5.21. The van der Waals surface area contributed by atoms with Gasteiger partial charge in [-0.25, -0.2) is 0 Å². The fraction of sp³-hybridized carbons (Fsp3) is 0.222. The molecule has 0 aromatic heterocycles. The number of ether oxygens (including phenoxy) is 1. The minimum atomic E-state index is -0.436. The third kappa shape index (κ3) is 5.58. The van der Waals surface area contributed by atoms with Crippen LogP contribution in [0.25, 0.3) is 0 Å². The summed E-state index contributed by atoms with van der Waals surface area (Å²) in [5.74, 6) is -0.861. The van der Waals surface area contributed by atoms with Gasteiger partial charge in [0.2, 0.25) is 0 Å². The number of aryl methyl sites for hydroxylation is 1. The number of hydrogen-bond donors (Lipinski definition) is 1. The minimum absolute atomic E-state index is 0.345. The van der Waals surface area contributed by atoms with Crippen molar-refractivity contribution in [1.82, 2.24) is 0 Å². The molecule has 2 rings (SSSR count). The van der Waals surface area contributed by atoms with Crippen molar-refractivity contribution in [3.63, 3.8) is 0 Å². The molecule has 24 heavy (non-hydrogen) atoms. The van der Waals surface area contributed by atoms with Crippen molar-refractivity contribution in [2.24, 2.45) is 0 Å². The van der Waals surface area contributed by atoms with Crippen LogP contribution in [0, 0.1) is 6.92 Å². The van der Waals surface area contributed by atoms with Gasteiger partial charge in [-0.1, -0.05) is 35.9 Å². The predicted octanol–water partition coefficient (Wildman–Crippen LogP) is 4.31. The summed E-state index contributed by atoms with van der Waals surface area (Å²) in [7, 11) is 0. The van der Waals surface area contributed by atoms with Crippen LogP contribution in [0.4, 0.5) is 5.69 Å². The Bertz CT molecular complexity index is 721. The molecule has 126 valence electrons. The molecular weight excluding hydrogens is 346 g/mol. The van der Waals surface area contributed by atoms with Crippen LogP contribution in [0.5, 0.6) is 0 Å². The van der Waals surface area contributed by atoms with Crippen molar-refractivity contribution < 1.29 is 14.3 Å². The van der Waals surface area contributed by atoms with E-state index < -0.39 is 17.1 Å². The maximum Gasteiger partial charge on any atom is 0.319 e. The van der Waals surface area contributed by atoms with Crippen molar-refractivity contribution in [2.45, 2.75) is 24.0 Å². The highest BCUT2D eigenvalue weighted by atomic mass is 35.5. The Morgan fingerprint density at radius 1 is 1.21 bits per heavy atom. The average molecular weight is 364 g/mol. The van der Waals surface area contributed by atoms with Crippen LogP contribution < -0.4 is 5.32 Å². The fourth-order valence-corrected chi connectivity index (χ4v) is 3.08. The number of carbonyl (C=O) groups is 2. The van der Waals surface area contributed by atoms with Gasteiger partial charge in [0.05, 0.1) is 10.7 Å². The number of rotatable bonds is 6. The zero-order valence-electron chi connectivity index (χ0n) is 13.4. The van der Waals surface area contributed by atoms with E-state index in [1.807, 2.05) is 43.3 Å². The van der Waals surface area contributed by atoms with Gasteiger partial charge in [-0.05, 0) is 43.7 Å². The molecule has 0 radical (unpaired) electrons. The molecule has 4 nitrogen and oxygen atoms in total. The van der Waals surface area contributed by atoms with Crippen molar-refractivity contribution >= 4 is 40.9 Å². The van der Waals surface area contributed by atoms with Crippen LogP contribution in [0.3, 0.4) is 0 Å². The molecular formula is C18H18ClNO3S. The molecule has 1 N–H and O–H groups in total. The second-order valence-corrected chi connectivity index (χ2v) is 7.03. The Labute approximate surface area is 150 Å². The lowest BCUT2D eigenvalue weighted by atomic mass is 10.2. The molecule has 0 aliphatic rings. The summed E-state index contributed by atoms with van der Waals surface area (Å²) in [4.78, 5) is 24.8. The standard InChI is InChI=1S/C18H18ClNO3S/c1-12-8-9-16(15(19)10-12)20-17(21)11-23-18(22)13(2)24-14-6-4-3-5-7-14/h3-10,13H,11H2,1-2H3,(H,20,21)/t13-/m0/s1. The summed E-state index contributed by atoms with van der Waals surface area (Å²) in [6.07, 6.45) is 0. The topological polar surface area (TPSA) is 55.4 Å². The highest BCUT2D eigenvalue weighted by molar-refractivity contribution is 8.00. The minimum Gasteiger partial charge on any atom is -0.455 e. The number of carbonyl (C=O) groups excluding carboxylic acids is 2. The monoisotopic (exact) mass is 363 g/mol. The number of esters is 1. The van der Waals surface area contributed by atoms with E-state index >= 15 is 0 Å². The van der Waals surface area contributed by atoms with E-state index in [1.54, 1.807) is 19.1 Å². The summed E-state index contributed by atoms with van der Waals surface area (Å²) in [5.41, 5.74) is 1.49. The SMILES string of the molecule is Cc1ccc(NC(=O)COC(=O)[C@H](C)Sc2ccccc2)c(Cl)c1. The first-order valence-electron chi connectivity index (χ1n) is 7.40. The lowest BCUT2D eigenvalue weighted by Crippen LogP contribution is -2.24. The lowest BCUT2D eigenvalue weighted by Gasteiger charge is -2.12. The number of thioether (sulfide) groups is 1. The molecule has 0 aliphatic carbocycles. The van der Waals surface area contributed by atoms with Crippen molar-refractivity contribution in [3.05, 3.63) is 59.1 Å². The van der Waals surface area contributed by atoms with Crippen LogP contribution in [0.2, 0.25) is 5.02 Å². The van der Waals surface area contributed by atoms with Gasteiger partial charge in [0, 0.05) is 4.90 Å². The van der Waals surface area contributed by atoms with E-state index in [0.29, 0.717) is 10.7 Å². The van der Waals surface area contributed by atoms with E-state index in [1.165, 1.54) is 11.8 Å². The zero-order valence-corrected chi connectivity index (χ0v) is 15.0. The predicted molar refractivity (Wildman–Crippen MR) is 97.5 cm³/mol. The molecule has 1 atom stereocenters. The van der Waals surface area contributed by atoms with E-state index in [2.05, 4.69) is 5.32 Å². The Kier molecular flexibility index (Phi) is 6.70. The highest BCUT2D eigenvalue weighted by Gasteiger charge is 2.17. The molecule has 0 heterocycles. The Hall–Kier alpha value is -1.98. The van der Waals surface area contributed by atoms with Crippen LogP contribution in [-0.2, 0) is 14.3 Å². The molecule has 0 aliphatic heterocycles. The first-order valence-corrected chi connectivity index (χ1v) is 8.66. The van der Waals surface area contributed by atoms with Gasteiger partial charge in [0.15, 0.2) is 6.61 Å². The molecule has 0 fully saturated rings. The quantitative estimate of drug-likeness (QED) is 0.613. The number of halogens is 1. The van der Waals surface area contributed by atoms with Crippen LogP contribution in [0.1, 0.15) is 12.5 Å². The smallest absolute Gasteiger partial charge is 0.319 e. The van der Waals surface area contributed by atoms with Crippen LogP contribution in [-0.4, -0.2) is 23.7 Å². The Morgan fingerprint density at radius 2 is 1.92 bits per heavy atom. The van der Waals surface area contributed by atoms with E-state index in [9.17, 15) is 9.59 Å². The zero-order chi connectivity index (χ0) is 17.5. The molecule has 1 amide bonds. The maximum atomic E-state index is 12.0. The molecule has 2 aromatic rings. The Morgan fingerprint density at radius 3 is 2.58 bits per heavy atom. The summed E-state index contributed by atoms with van der Waals surface area (Å²) in [5, 5.41) is 2.67. The van der Waals surface area contributed by atoms with Crippen LogP contribution >= 0.6 is 23.4 Å². The fourth-order valence-electron chi connectivity index (χ4n) is 1.91. The third-order valence-electron chi connectivity index (χ3n) is 3.13. The summed E-state index contributed by atoms with van der Waals surface area (Å²) in [6.45, 7) is 3.31. The van der Waals surface area contributed by atoms with E-state index in [4.69, 9.17) is 16.3 Å². The van der Waals surface area contributed by atoms with Gasteiger partial charge in [0.1, 0.15) is 5.25 Å². The third-order valence-corrected chi connectivity index (χ3v) is 4.54. The van der Waals surface area contributed by atoms with Gasteiger partial charge >= 0.3 is 5.97 Å². The van der Waals surface area contributed by atoms with Gasteiger partial charge in [-0.2, -0.15) is 0 Å². The van der Waals surface area contributed by atoms with Gasteiger partial charge in [-0.3, -0.25) is 9.59 Å². The number of benzene rings is 2. The number of hydrogen-bond acceptors (Lipinski definition) is 4. The molecule has 0 saturated heterocycles. The number of anilines is 1. The summed E-state index contributed by atoms with van der Waals surface area (Å²) < 4.78 is 5.06. The van der Waals surface area contributed by atoms with Crippen molar-refractivity contribution in [3.8, 4) is 0 Å². The average Bonchev–Trinajstić information content (AvgIpc) is 2.56. The molecule has 0 spiro atoms.